The van der Waals surface area contributed by atoms with Crippen molar-refractivity contribution in [2.45, 2.75) is 49.3 Å². The summed E-state index contributed by atoms with van der Waals surface area (Å²) < 4.78 is 0. The van der Waals surface area contributed by atoms with Crippen LogP contribution in [0, 0.1) is 0 Å². The molecule has 1 N–H and O–H groups in total. The van der Waals surface area contributed by atoms with Crippen molar-refractivity contribution in [2.24, 2.45) is 0 Å². The lowest BCUT2D eigenvalue weighted by atomic mass is 9.93. The van der Waals surface area contributed by atoms with Crippen molar-refractivity contribution in [1.82, 2.24) is 10.2 Å². The molecule has 128 valence electrons. The number of benzene rings is 1. The fourth-order valence-corrected chi connectivity index (χ4v) is 5.42. The number of carbonyl (C=O) groups excluding carboxylic acids is 2. The number of aryl methyl sites for hydroxylation is 1. The van der Waals surface area contributed by atoms with Crippen LogP contribution in [0.15, 0.2) is 24.3 Å². The number of ketones is 1. The standard InChI is InChI=1S/C19H24N2O2S/c22-16(11-14-8-7-13-5-1-2-6-15(13)14)18-17(20-12-24-18)19(23)21-9-3-4-10-21/h1-2,5-6,14,17-18,20H,3-4,7-12H2/t14?,17-,18?/m1/s1. The Balaban J connectivity index is 1.43. The first-order valence-electron chi connectivity index (χ1n) is 8.98. The maximum atomic E-state index is 12.9. The lowest BCUT2D eigenvalue weighted by Gasteiger charge is -2.24. The molecule has 1 amide bonds. The van der Waals surface area contributed by atoms with Gasteiger partial charge in [0, 0.05) is 25.4 Å². The fourth-order valence-electron chi connectivity index (χ4n) is 4.28. The molecule has 0 spiro atoms. The summed E-state index contributed by atoms with van der Waals surface area (Å²) in [5.74, 6) is 1.39. The molecule has 1 aliphatic carbocycles. The molecule has 2 heterocycles. The highest BCUT2D eigenvalue weighted by molar-refractivity contribution is 8.00. The van der Waals surface area contributed by atoms with Crippen LogP contribution in [-0.4, -0.2) is 46.8 Å². The molecule has 1 aromatic carbocycles. The van der Waals surface area contributed by atoms with Crippen LogP contribution in [0.4, 0.5) is 0 Å². The zero-order valence-corrected chi connectivity index (χ0v) is 14.7. The highest BCUT2D eigenvalue weighted by Gasteiger charge is 2.41. The molecule has 0 bridgehead atoms. The Hall–Kier alpha value is -1.33. The monoisotopic (exact) mass is 344 g/mol. The number of likely N-dealkylation sites (tertiary alicyclic amines) is 1. The number of hydrogen-bond donors (Lipinski definition) is 1. The minimum Gasteiger partial charge on any atom is -0.341 e. The molecule has 0 aromatic heterocycles. The number of nitrogens with zero attached hydrogens (tertiary/aromatic N) is 1. The molecule has 5 heteroatoms. The average Bonchev–Trinajstić information content (AvgIpc) is 3.35. The van der Waals surface area contributed by atoms with E-state index in [0.717, 1.165) is 38.8 Å². The lowest BCUT2D eigenvalue weighted by Crippen LogP contribution is -2.49. The number of fused-ring (bicyclic) bond motifs is 1. The van der Waals surface area contributed by atoms with Crippen LogP contribution in [0.2, 0.25) is 0 Å². The van der Waals surface area contributed by atoms with Gasteiger partial charge in [0.2, 0.25) is 5.91 Å². The Morgan fingerprint density at radius 2 is 2.00 bits per heavy atom. The van der Waals surface area contributed by atoms with E-state index in [2.05, 4.69) is 29.6 Å². The summed E-state index contributed by atoms with van der Waals surface area (Å²) in [5.41, 5.74) is 2.72. The minimum absolute atomic E-state index is 0.127. The quantitative estimate of drug-likeness (QED) is 0.911. The number of nitrogens with one attached hydrogen (secondary N) is 1. The van der Waals surface area contributed by atoms with E-state index in [1.807, 2.05) is 4.90 Å². The third-order valence-electron chi connectivity index (χ3n) is 5.57. The topological polar surface area (TPSA) is 49.4 Å². The Morgan fingerprint density at radius 3 is 2.83 bits per heavy atom. The van der Waals surface area contributed by atoms with Crippen molar-refractivity contribution < 1.29 is 9.59 Å². The van der Waals surface area contributed by atoms with Gasteiger partial charge in [0.15, 0.2) is 0 Å². The van der Waals surface area contributed by atoms with Gasteiger partial charge in [0.1, 0.15) is 11.8 Å². The number of rotatable bonds is 4. The lowest BCUT2D eigenvalue weighted by molar-refractivity contribution is -0.134. The molecule has 3 atom stereocenters. The number of amides is 1. The van der Waals surface area contributed by atoms with E-state index in [4.69, 9.17) is 0 Å². The molecule has 1 aromatic rings. The van der Waals surface area contributed by atoms with Gasteiger partial charge < -0.3 is 4.90 Å². The molecule has 4 rings (SSSR count). The van der Waals surface area contributed by atoms with E-state index in [-0.39, 0.29) is 23.0 Å². The van der Waals surface area contributed by atoms with Crippen molar-refractivity contribution in [1.29, 1.82) is 0 Å². The van der Waals surface area contributed by atoms with Gasteiger partial charge in [-0.05, 0) is 42.7 Å². The summed E-state index contributed by atoms with van der Waals surface area (Å²) >= 11 is 1.60. The van der Waals surface area contributed by atoms with Crippen molar-refractivity contribution in [2.75, 3.05) is 19.0 Å². The van der Waals surface area contributed by atoms with Gasteiger partial charge in [-0.1, -0.05) is 24.3 Å². The largest absolute Gasteiger partial charge is 0.341 e. The fraction of sp³-hybridized carbons (Fsp3) is 0.579. The Bertz CT molecular complexity index is 642. The number of thioether (sulfide) groups is 1. The van der Waals surface area contributed by atoms with Crippen LogP contribution in [0.1, 0.15) is 42.7 Å². The molecular formula is C19H24N2O2S. The Morgan fingerprint density at radius 1 is 1.21 bits per heavy atom. The van der Waals surface area contributed by atoms with Crippen LogP contribution in [-0.2, 0) is 16.0 Å². The van der Waals surface area contributed by atoms with Crippen molar-refractivity contribution >= 4 is 23.5 Å². The Labute approximate surface area is 147 Å². The number of hydrogen-bond acceptors (Lipinski definition) is 4. The van der Waals surface area contributed by atoms with E-state index in [1.165, 1.54) is 11.1 Å². The molecule has 0 radical (unpaired) electrons. The minimum atomic E-state index is -0.322. The third kappa shape index (κ3) is 3.00. The zero-order chi connectivity index (χ0) is 16.5. The normalized spacial score (nSPS) is 29.0. The predicted octanol–water partition coefficient (Wildman–Crippen LogP) is 2.33. The maximum Gasteiger partial charge on any atom is 0.241 e. The average molecular weight is 344 g/mol. The molecule has 2 saturated heterocycles. The molecule has 4 nitrogen and oxygen atoms in total. The van der Waals surface area contributed by atoms with Gasteiger partial charge in [-0.25, -0.2) is 0 Å². The van der Waals surface area contributed by atoms with E-state index in [9.17, 15) is 9.59 Å². The second kappa shape index (κ2) is 6.89. The highest BCUT2D eigenvalue weighted by atomic mass is 32.2. The molecule has 3 aliphatic rings. The summed E-state index contributed by atoms with van der Waals surface area (Å²) in [7, 11) is 0. The van der Waals surface area contributed by atoms with Gasteiger partial charge in [-0.2, -0.15) is 0 Å². The summed E-state index contributed by atoms with van der Waals surface area (Å²) in [6.07, 6.45) is 4.87. The smallest absolute Gasteiger partial charge is 0.241 e. The van der Waals surface area contributed by atoms with E-state index >= 15 is 0 Å². The zero-order valence-electron chi connectivity index (χ0n) is 13.9. The molecule has 2 unspecified atom stereocenters. The van der Waals surface area contributed by atoms with Crippen LogP contribution < -0.4 is 5.32 Å². The van der Waals surface area contributed by atoms with Crippen LogP contribution in [0.5, 0.6) is 0 Å². The molecule has 0 saturated carbocycles. The van der Waals surface area contributed by atoms with Crippen molar-refractivity contribution in [3.05, 3.63) is 35.4 Å². The summed E-state index contributed by atoms with van der Waals surface area (Å²) in [6.45, 7) is 1.69. The van der Waals surface area contributed by atoms with Crippen molar-refractivity contribution in [3.63, 3.8) is 0 Å². The van der Waals surface area contributed by atoms with E-state index in [0.29, 0.717) is 18.2 Å². The number of Topliss-reactive ketones (excluding diaryl/α,β-unsaturated/α-hetero) is 1. The Kier molecular flexibility index (Phi) is 4.63. The van der Waals surface area contributed by atoms with E-state index in [1.54, 1.807) is 11.8 Å². The predicted molar refractivity (Wildman–Crippen MR) is 96.1 cm³/mol. The van der Waals surface area contributed by atoms with Gasteiger partial charge >= 0.3 is 0 Å². The molecule has 2 fully saturated rings. The number of carbonyl (C=O) groups is 2. The highest BCUT2D eigenvalue weighted by Crippen LogP contribution is 2.37. The molecule has 2 aliphatic heterocycles. The van der Waals surface area contributed by atoms with Gasteiger partial charge in [-0.15, -0.1) is 11.8 Å². The maximum absolute atomic E-state index is 12.9. The van der Waals surface area contributed by atoms with Gasteiger partial charge in [-0.3, -0.25) is 14.9 Å². The second-order valence-electron chi connectivity index (χ2n) is 7.05. The summed E-state index contributed by atoms with van der Waals surface area (Å²) in [5, 5.41) is 3.04. The first-order valence-corrected chi connectivity index (χ1v) is 10.0. The second-order valence-corrected chi connectivity index (χ2v) is 8.18. The SMILES string of the molecule is O=C(CC1CCc2ccccc21)C1SCN[C@H]1C(=O)N1CCCC1. The molecular weight excluding hydrogens is 320 g/mol. The van der Waals surface area contributed by atoms with Gasteiger partial charge in [0.25, 0.3) is 0 Å². The molecule has 24 heavy (non-hydrogen) atoms. The van der Waals surface area contributed by atoms with Crippen LogP contribution in [0.25, 0.3) is 0 Å². The summed E-state index contributed by atoms with van der Waals surface area (Å²) in [6, 6.07) is 8.15. The first kappa shape index (κ1) is 16.2. The van der Waals surface area contributed by atoms with Crippen molar-refractivity contribution in [3.8, 4) is 0 Å². The first-order chi connectivity index (χ1) is 11.7. The van der Waals surface area contributed by atoms with E-state index < -0.39 is 0 Å². The summed E-state index contributed by atoms with van der Waals surface area (Å²) in [4.78, 5) is 27.5. The van der Waals surface area contributed by atoms with Crippen LogP contribution >= 0.6 is 11.8 Å². The third-order valence-corrected chi connectivity index (χ3v) is 6.80. The van der Waals surface area contributed by atoms with Gasteiger partial charge in [0.05, 0.1) is 5.25 Å². The van der Waals surface area contributed by atoms with Crippen LogP contribution in [0.3, 0.4) is 0 Å².